The van der Waals surface area contributed by atoms with Gasteiger partial charge in [-0.15, -0.1) is 0 Å². The van der Waals surface area contributed by atoms with Crippen LogP contribution in [0.4, 0.5) is 0 Å². The molecule has 0 aromatic heterocycles. The molecule has 1 aromatic carbocycles. The van der Waals surface area contributed by atoms with Gasteiger partial charge in [0, 0.05) is 4.47 Å². The smallest absolute Gasteiger partial charge is 0.255 e. The summed E-state index contributed by atoms with van der Waals surface area (Å²) in [5, 5.41) is 2.83. The summed E-state index contributed by atoms with van der Waals surface area (Å²) in [4.78, 5) is 11.7. The molecule has 0 aliphatic carbocycles. The first-order valence-electron chi connectivity index (χ1n) is 4.75. The van der Waals surface area contributed by atoms with Crippen molar-refractivity contribution in [3.8, 4) is 5.75 Å². The van der Waals surface area contributed by atoms with Crippen LogP contribution in [-0.2, 0) is 0 Å². The SMILES string of the molecule is CC1(C)CNC(=O)c2ccc(Br)cc2O1. The molecule has 0 radical (unpaired) electrons. The summed E-state index contributed by atoms with van der Waals surface area (Å²) in [6, 6.07) is 5.41. The second kappa shape index (κ2) is 3.52. The number of amides is 1. The molecule has 1 aliphatic rings. The fraction of sp³-hybridized carbons (Fsp3) is 0.364. The molecule has 0 saturated heterocycles. The number of fused-ring (bicyclic) bond motifs is 1. The van der Waals surface area contributed by atoms with E-state index < -0.39 is 0 Å². The zero-order valence-electron chi connectivity index (χ0n) is 8.63. The molecular formula is C11H12BrNO2. The predicted molar refractivity (Wildman–Crippen MR) is 61.2 cm³/mol. The van der Waals surface area contributed by atoms with Crippen molar-refractivity contribution in [2.24, 2.45) is 0 Å². The molecule has 2 rings (SSSR count). The van der Waals surface area contributed by atoms with Gasteiger partial charge in [0.25, 0.3) is 5.91 Å². The zero-order valence-corrected chi connectivity index (χ0v) is 10.2. The van der Waals surface area contributed by atoms with Gasteiger partial charge in [0.05, 0.1) is 12.1 Å². The Morgan fingerprint density at radius 1 is 1.47 bits per heavy atom. The first kappa shape index (κ1) is 10.5. The van der Waals surface area contributed by atoms with Crippen LogP contribution in [0.2, 0.25) is 0 Å². The van der Waals surface area contributed by atoms with Crippen molar-refractivity contribution < 1.29 is 9.53 Å². The van der Waals surface area contributed by atoms with E-state index >= 15 is 0 Å². The summed E-state index contributed by atoms with van der Waals surface area (Å²) < 4.78 is 6.69. The van der Waals surface area contributed by atoms with Crippen LogP contribution in [0, 0.1) is 0 Å². The highest BCUT2D eigenvalue weighted by Crippen LogP contribution is 2.28. The van der Waals surface area contributed by atoms with Crippen LogP contribution < -0.4 is 10.1 Å². The van der Waals surface area contributed by atoms with Gasteiger partial charge in [-0.3, -0.25) is 4.79 Å². The lowest BCUT2D eigenvalue weighted by molar-refractivity contribution is 0.0907. The third-order valence-electron chi connectivity index (χ3n) is 2.25. The highest BCUT2D eigenvalue weighted by molar-refractivity contribution is 9.10. The molecule has 0 spiro atoms. The van der Waals surface area contributed by atoms with Gasteiger partial charge in [0.2, 0.25) is 0 Å². The Bertz CT molecular complexity index is 415. The highest BCUT2D eigenvalue weighted by Gasteiger charge is 2.27. The number of carbonyl (C=O) groups excluding carboxylic acids is 1. The predicted octanol–water partition coefficient (Wildman–Crippen LogP) is 2.35. The summed E-state index contributed by atoms with van der Waals surface area (Å²) in [6.45, 7) is 4.41. The molecule has 1 N–H and O–H groups in total. The third kappa shape index (κ3) is 2.15. The Balaban J connectivity index is 2.50. The summed E-state index contributed by atoms with van der Waals surface area (Å²) in [7, 11) is 0. The van der Waals surface area contributed by atoms with Crippen molar-refractivity contribution in [1.82, 2.24) is 5.32 Å². The van der Waals surface area contributed by atoms with Crippen molar-refractivity contribution in [2.45, 2.75) is 19.4 Å². The normalized spacial score (nSPS) is 18.5. The molecule has 3 nitrogen and oxygen atoms in total. The minimum atomic E-state index is -0.373. The van der Waals surface area contributed by atoms with E-state index in [0.717, 1.165) is 4.47 Å². The third-order valence-corrected chi connectivity index (χ3v) is 2.74. The molecule has 0 atom stereocenters. The second-order valence-electron chi connectivity index (χ2n) is 4.18. The number of hydrogen-bond donors (Lipinski definition) is 1. The van der Waals surface area contributed by atoms with Gasteiger partial charge in [0.1, 0.15) is 11.4 Å². The fourth-order valence-electron chi connectivity index (χ4n) is 1.49. The topological polar surface area (TPSA) is 38.3 Å². The Hall–Kier alpha value is -1.03. The number of carbonyl (C=O) groups is 1. The molecule has 0 fully saturated rings. The number of rotatable bonds is 0. The molecule has 0 saturated carbocycles. The molecule has 0 bridgehead atoms. The standard InChI is InChI=1S/C11H12BrNO2/c1-11(2)6-13-10(14)8-4-3-7(12)5-9(8)15-11/h3-5H,6H2,1-2H3,(H,13,14). The van der Waals surface area contributed by atoms with Crippen molar-refractivity contribution in [1.29, 1.82) is 0 Å². The van der Waals surface area contributed by atoms with Gasteiger partial charge in [0.15, 0.2) is 0 Å². The highest BCUT2D eigenvalue weighted by atomic mass is 79.9. The molecular weight excluding hydrogens is 258 g/mol. The average Bonchev–Trinajstić information content (AvgIpc) is 2.23. The molecule has 4 heteroatoms. The second-order valence-corrected chi connectivity index (χ2v) is 5.10. The first-order valence-corrected chi connectivity index (χ1v) is 5.54. The van der Waals surface area contributed by atoms with Gasteiger partial charge in [-0.1, -0.05) is 15.9 Å². The Morgan fingerprint density at radius 3 is 2.93 bits per heavy atom. The number of ether oxygens (including phenoxy) is 1. The van der Waals surface area contributed by atoms with Crippen LogP contribution in [0.5, 0.6) is 5.75 Å². The molecule has 15 heavy (non-hydrogen) atoms. The van der Waals surface area contributed by atoms with Crippen LogP contribution in [0.15, 0.2) is 22.7 Å². The Labute approximate surface area is 96.9 Å². The van der Waals surface area contributed by atoms with Crippen LogP contribution in [-0.4, -0.2) is 18.1 Å². The maximum absolute atomic E-state index is 11.7. The largest absolute Gasteiger partial charge is 0.485 e. The number of benzene rings is 1. The van der Waals surface area contributed by atoms with Crippen LogP contribution in [0.25, 0.3) is 0 Å². The maximum atomic E-state index is 11.7. The van der Waals surface area contributed by atoms with E-state index in [1.54, 1.807) is 6.07 Å². The summed E-state index contributed by atoms with van der Waals surface area (Å²) in [6.07, 6.45) is 0. The van der Waals surface area contributed by atoms with Crippen molar-refractivity contribution in [3.63, 3.8) is 0 Å². The molecule has 1 aliphatic heterocycles. The van der Waals surface area contributed by atoms with Crippen molar-refractivity contribution in [2.75, 3.05) is 6.54 Å². The number of nitrogens with one attached hydrogen (secondary N) is 1. The summed E-state index contributed by atoms with van der Waals surface area (Å²) >= 11 is 3.36. The van der Waals surface area contributed by atoms with Gasteiger partial charge >= 0.3 is 0 Å². The van der Waals surface area contributed by atoms with E-state index in [4.69, 9.17) is 4.74 Å². The minimum absolute atomic E-state index is 0.0805. The van der Waals surface area contributed by atoms with E-state index in [-0.39, 0.29) is 11.5 Å². The van der Waals surface area contributed by atoms with Crippen molar-refractivity contribution in [3.05, 3.63) is 28.2 Å². The zero-order chi connectivity index (χ0) is 11.1. The first-order chi connectivity index (χ1) is 6.98. The lowest BCUT2D eigenvalue weighted by atomic mass is 10.1. The molecule has 0 unspecified atom stereocenters. The maximum Gasteiger partial charge on any atom is 0.255 e. The lowest BCUT2D eigenvalue weighted by Crippen LogP contribution is -2.39. The van der Waals surface area contributed by atoms with E-state index in [2.05, 4.69) is 21.2 Å². The quantitative estimate of drug-likeness (QED) is 0.785. The monoisotopic (exact) mass is 269 g/mol. The van der Waals surface area contributed by atoms with E-state index in [0.29, 0.717) is 17.9 Å². The Kier molecular flexibility index (Phi) is 2.46. The van der Waals surface area contributed by atoms with Gasteiger partial charge in [-0.2, -0.15) is 0 Å². The van der Waals surface area contributed by atoms with Crippen LogP contribution in [0.3, 0.4) is 0 Å². The van der Waals surface area contributed by atoms with Gasteiger partial charge in [-0.05, 0) is 32.0 Å². The molecule has 1 heterocycles. The van der Waals surface area contributed by atoms with Gasteiger partial charge in [-0.25, -0.2) is 0 Å². The molecule has 1 amide bonds. The average molecular weight is 270 g/mol. The van der Waals surface area contributed by atoms with Crippen molar-refractivity contribution >= 4 is 21.8 Å². The fourth-order valence-corrected chi connectivity index (χ4v) is 1.83. The van der Waals surface area contributed by atoms with Gasteiger partial charge < -0.3 is 10.1 Å². The number of hydrogen-bond acceptors (Lipinski definition) is 2. The Morgan fingerprint density at radius 2 is 2.20 bits per heavy atom. The van der Waals surface area contributed by atoms with Crippen LogP contribution >= 0.6 is 15.9 Å². The minimum Gasteiger partial charge on any atom is -0.485 e. The lowest BCUT2D eigenvalue weighted by Gasteiger charge is -2.23. The summed E-state index contributed by atoms with van der Waals surface area (Å²) in [5.41, 5.74) is 0.214. The molecule has 80 valence electrons. The van der Waals surface area contributed by atoms with E-state index in [9.17, 15) is 4.79 Å². The summed E-state index contributed by atoms with van der Waals surface area (Å²) in [5.74, 6) is 0.549. The van der Waals surface area contributed by atoms with E-state index in [1.165, 1.54) is 0 Å². The molecule has 1 aromatic rings. The van der Waals surface area contributed by atoms with E-state index in [1.807, 2.05) is 26.0 Å². The van der Waals surface area contributed by atoms with Crippen LogP contribution in [0.1, 0.15) is 24.2 Å². The number of halogens is 1.